The minimum atomic E-state index is -0.450. The van der Waals surface area contributed by atoms with Crippen LogP contribution in [0, 0.1) is 5.82 Å². The molecule has 0 aliphatic carbocycles. The summed E-state index contributed by atoms with van der Waals surface area (Å²) in [4.78, 5) is 35.2. The molecule has 0 saturated carbocycles. The van der Waals surface area contributed by atoms with Gasteiger partial charge in [-0.15, -0.1) is 0 Å². The van der Waals surface area contributed by atoms with Crippen LogP contribution in [0.15, 0.2) is 24.3 Å². The molecule has 0 atom stereocenters. The number of hydrogen-bond donors (Lipinski definition) is 2. The molecule has 0 spiro atoms. The lowest BCUT2D eigenvalue weighted by atomic mass is 10.1. The van der Waals surface area contributed by atoms with Crippen LogP contribution in [0.3, 0.4) is 0 Å². The summed E-state index contributed by atoms with van der Waals surface area (Å²) in [6.45, 7) is 0.295. The van der Waals surface area contributed by atoms with Crippen molar-refractivity contribution >= 4 is 17.8 Å². The Balaban J connectivity index is 1.75. The van der Waals surface area contributed by atoms with Crippen LogP contribution in [0.25, 0.3) is 0 Å². The van der Waals surface area contributed by atoms with Crippen molar-refractivity contribution in [1.82, 2.24) is 15.5 Å². The van der Waals surface area contributed by atoms with Crippen molar-refractivity contribution in [1.29, 1.82) is 0 Å². The fourth-order valence-corrected chi connectivity index (χ4v) is 1.88. The van der Waals surface area contributed by atoms with Gasteiger partial charge in [0, 0.05) is 13.1 Å². The van der Waals surface area contributed by atoms with E-state index in [0.717, 1.165) is 4.90 Å². The molecule has 0 radical (unpaired) electrons. The largest absolute Gasteiger partial charge is 0.354 e. The predicted molar refractivity (Wildman–Crippen MR) is 68.2 cm³/mol. The van der Waals surface area contributed by atoms with Crippen LogP contribution in [0.1, 0.15) is 5.56 Å². The number of benzene rings is 1. The summed E-state index contributed by atoms with van der Waals surface area (Å²) in [6.07, 6.45) is 0.0535. The number of halogens is 1. The molecule has 20 heavy (non-hydrogen) atoms. The van der Waals surface area contributed by atoms with Gasteiger partial charge in [-0.2, -0.15) is 0 Å². The van der Waals surface area contributed by atoms with Crippen molar-refractivity contribution in [2.75, 3.05) is 19.6 Å². The van der Waals surface area contributed by atoms with Crippen molar-refractivity contribution in [3.63, 3.8) is 0 Å². The second-order valence-electron chi connectivity index (χ2n) is 4.36. The molecule has 0 bridgehead atoms. The standard InChI is InChI=1S/C13H14FN3O3/c14-10-3-1-2-9(6-10)7-11(18)15-4-5-17-12(19)8-16-13(17)20/h1-3,6H,4-5,7-8H2,(H,15,18)(H,16,20). The molecule has 1 fully saturated rings. The summed E-state index contributed by atoms with van der Waals surface area (Å²) in [5.74, 6) is -0.994. The second-order valence-corrected chi connectivity index (χ2v) is 4.36. The second kappa shape index (κ2) is 6.14. The number of nitrogens with zero attached hydrogens (tertiary/aromatic N) is 1. The maximum Gasteiger partial charge on any atom is 0.324 e. The van der Waals surface area contributed by atoms with Gasteiger partial charge in [0.25, 0.3) is 0 Å². The molecular formula is C13H14FN3O3. The van der Waals surface area contributed by atoms with E-state index in [4.69, 9.17) is 0 Å². The van der Waals surface area contributed by atoms with Gasteiger partial charge in [-0.3, -0.25) is 14.5 Å². The molecule has 4 amide bonds. The lowest BCUT2D eigenvalue weighted by Crippen LogP contribution is -2.39. The van der Waals surface area contributed by atoms with Gasteiger partial charge in [0.1, 0.15) is 5.82 Å². The smallest absolute Gasteiger partial charge is 0.324 e. The van der Waals surface area contributed by atoms with Crippen LogP contribution in [0.2, 0.25) is 0 Å². The monoisotopic (exact) mass is 279 g/mol. The first kappa shape index (κ1) is 14.0. The summed E-state index contributed by atoms with van der Waals surface area (Å²) >= 11 is 0. The highest BCUT2D eigenvalue weighted by Crippen LogP contribution is 2.04. The van der Waals surface area contributed by atoms with Crippen LogP contribution >= 0.6 is 0 Å². The van der Waals surface area contributed by atoms with Crippen molar-refractivity contribution in [2.24, 2.45) is 0 Å². The first-order chi connectivity index (χ1) is 9.56. The van der Waals surface area contributed by atoms with Crippen LogP contribution in [-0.2, 0) is 16.0 Å². The number of urea groups is 1. The van der Waals surface area contributed by atoms with Crippen LogP contribution in [0.5, 0.6) is 0 Å². The Morgan fingerprint density at radius 3 is 2.85 bits per heavy atom. The fourth-order valence-electron chi connectivity index (χ4n) is 1.88. The van der Waals surface area contributed by atoms with Gasteiger partial charge in [0.15, 0.2) is 0 Å². The zero-order valence-corrected chi connectivity index (χ0v) is 10.7. The lowest BCUT2D eigenvalue weighted by molar-refractivity contribution is -0.125. The number of hydrogen-bond acceptors (Lipinski definition) is 3. The Labute approximate surface area is 114 Å². The fraction of sp³-hybridized carbons (Fsp3) is 0.308. The van der Waals surface area contributed by atoms with Crippen LogP contribution < -0.4 is 10.6 Å². The molecule has 1 aromatic rings. The number of carbonyl (C=O) groups is 3. The van der Waals surface area contributed by atoms with Gasteiger partial charge < -0.3 is 10.6 Å². The van der Waals surface area contributed by atoms with E-state index in [-0.39, 0.29) is 37.9 Å². The van der Waals surface area contributed by atoms with Crippen molar-refractivity contribution in [3.8, 4) is 0 Å². The maximum absolute atomic E-state index is 12.9. The van der Waals surface area contributed by atoms with Gasteiger partial charge >= 0.3 is 6.03 Å². The Bertz CT molecular complexity index is 531. The van der Waals surface area contributed by atoms with E-state index in [1.807, 2.05) is 0 Å². The minimum absolute atomic E-state index is 0.00390. The van der Waals surface area contributed by atoms with E-state index < -0.39 is 11.8 Å². The van der Waals surface area contributed by atoms with Gasteiger partial charge in [-0.1, -0.05) is 12.1 Å². The van der Waals surface area contributed by atoms with Crippen molar-refractivity contribution < 1.29 is 18.8 Å². The summed E-state index contributed by atoms with van der Waals surface area (Å²) in [5, 5.41) is 4.97. The SMILES string of the molecule is O=C(Cc1cccc(F)c1)NCCN1C(=O)CNC1=O. The first-order valence-electron chi connectivity index (χ1n) is 6.15. The Hall–Kier alpha value is -2.44. The average molecular weight is 279 g/mol. The third kappa shape index (κ3) is 3.53. The molecule has 106 valence electrons. The Morgan fingerprint density at radius 2 is 2.20 bits per heavy atom. The molecule has 1 aliphatic heterocycles. The highest BCUT2D eigenvalue weighted by molar-refractivity contribution is 6.01. The quantitative estimate of drug-likeness (QED) is 0.747. The number of amides is 4. The number of carbonyl (C=O) groups excluding carboxylic acids is 3. The normalized spacial score (nSPS) is 14.3. The highest BCUT2D eigenvalue weighted by atomic mass is 19.1. The average Bonchev–Trinajstić information content (AvgIpc) is 2.70. The van der Waals surface area contributed by atoms with E-state index in [2.05, 4.69) is 10.6 Å². The molecule has 7 heteroatoms. The predicted octanol–water partition coefficient (Wildman–Crippen LogP) is 0.0362. The Morgan fingerprint density at radius 1 is 1.40 bits per heavy atom. The van der Waals surface area contributed by atoms with E-state index in [1.54, 1.807) is 6.07 Å². The Kier molecular flexibility index (Phi) is 4.29. The van der Waals surface area contributed by atoms with Gasteiger partial charge in [0.05, 0.1) is 13.0 Å². The molecule has 6 nitrogen and oxygen atoms in total. The first-order valence-corrected chi connectivity index (χ1v) is 6.15. The number of imide groups is 1. The molecular weight excluding hydrogens is 265 g/mol. The van der Waals surface area contributed by atoms with E-state index >= 15 is 0 Å². The molecule has 1 saturated heterocycles. The molecule has 2 rings (SSSR count). The maximum atomic E-state index is 12.9. The van der Waals surface area contributed by atoms with E-state index in [9.17, 15) is 18.8 Å². The van der Waals surface area contributed by atoms with Crippen molar-refractivity contribution in [2.45, 2.75) is 6.42 Å². The van der Waals surface area contributed by atoms with Crippen molar-refractivity contribution in [3.05, 3.63) is 35.6 Å². The molecule has 1 aliphatic rings. The zero-order chi connectivity index (χ0) is 14.5. The summed E-state index contributed by atoms with van der Waals surface area (Å²) in [5.41, 5.74) is 0.567. The van der Waals surface area contributed by atoms with E-state index in [1.165, 1.54) is 18.2 Å². The molecule has 0 unspecified atom stereocenters. The third-order valence-electron chi connectivity index (χ3n) is 2.85. The van der Waals surface area contributed by atoms with E-state index in [0.29, 0.717) is 5.56 Å². The third-order valence-corrected chi connectivity index (χ3v) is 2.85. The number of rotatable bonds is 5. The lowest BCUT2D eigenvalue weighted by Gasteiger charge is -2.12. The highest BCUT2D eigenvalue weighted by Gasteiger charge is 2.27. The molecule has 1 aromatic carbocycles. The van der Waals surface area contributed by atoms with Crippen LogP contribution in [-0.4, -0.2) is 42.4 Å². The summed E-state index contributed by atoms with van der Waals surface area (Å²) < 4.78 is 12.9. The molecule has 2 N–H and O–H groups in total. The van der Waals surface area contributed by atoms with Gasteiger partial charge in [-0.05, 0) is 17.7 Å². The topological polar surface area (TPSA) is 78.5 Å². The molecule has 1 heterocycles. The van der Waals surface area contributed by atoms with Gasteiger partial charge in [0.2, 0.25) is 11.8 Å². The molecule has 0 aromatic heterocycles. The summed E-state index contributed by atoms with van der Waals surface area (Å²) in [6, 6.07) is 5.33. The zero-order valence-electron chi connectivity index (χ0n) is 10.7. The van der Waals surface area contributed by atoms with Gasteiger partial charge in [-0.25, -0.2) is 9.18 Å². The minimum Gasteiger partial charge on any atom is -0.354 e. The number of nitrogens with one attached hydrogen (secondary N) is 2. The van der Waals surface area contributed by atoms with Crippen LogP contribution in [0.4, 0.5) is 9.18 Å². The summed E-state index contributed by atoms with van der Waals surface area (Å²) in [7, 11) is 0.